The van der Waals surface area contributed by atoms with Gasteiger partial charge in [-0.15, -0.1) is 0 Å². The molecule has 1 fully saturated rings. The second kappa shape index (κ2) is 7.60. The lowest BCUT2D eigenvalue weighted by molar-refractivity contribution is 0.0435. The average molecular weight is 319 g/mol. The molecule has 0 bridgehead atoms. The minimum Gasteiger partial charge on any atom is -0.488 e. The maximum Gasteiger partial charge on any atom is 0.204 e. The van der Waals surface area contributed by atoms with E-state index in [9.17, 15) is 17.6 Å². The SMILES string of the molecule is CCOc1c(F)c(F)c(C=CCN2CCOCC2)c(F)c1F. The highest BCUT2D eigenvalue weighted by atomic mass is 19.2. The van der Waals surface area contributed by atoms with E-state index in [1.54, 1.807) is 0 Å². The highest BCUT2D eigenvalue weighted by molar-refractivity contribution is 5.54. The van der Waals surface area contributed by atoms with Crippen LogP contribution in [0.3, 0.4) is 0 Å². The van der Waals surface area contributed by atoms with Crippen LogP contribution in [0.15, 0.2) is 6.08 Å². The predicted molar refractivity (Wildman–Crippen MR) is 73.7 cm³/mol. The first-order valence-electron chi connectivity index (χ1n) is 7.01. The van der Waals surface area contributed by atoms with Gasteiger partial charge in [-0.3, -0.25) is 4.90 Å². The predicted octanol–water partition coefficient (Wildman–Crippen LogP) is 2.99. The van der Waals surface area contributed by atoms with Crippen LogP contribution < -0.4 is 4.74 Å². The van der Waals surface area contributed by atoms with E-state index in [0.29, 0.717) is 32.8 Å². The monoisotopic (exact) mass is 319 g/mol. The zero-order valence-electron chi connectivity index (χ0n) is 12.2. The molecule has 0 atom stereocenters. The van der Waals surface area contributed by atoms with Crippen LogP contribution in [0.2, 0.25) is 0 Å². The Morgan fingerprint density at radius 3 is 2.18 bits per heavy atom. The van der Waals surface area contributed by atoms with Crippen LogP contribution in [-0.4, -0.2) is 44.4 Å². The van der Waals surface area contributed by atoms with Gasteiger partial charge in [-0.1, -0.05) is 12.2 Å². The average Bonchev–Trinajstić information content (AvgIpc) is 2.54. The lowest BCUT2D eigenvalue weighted by atomic mass is 10.1. The summed E-state index contributed by atoms with van der Waals surface area (Å²) < 4.78 is 64.9. The van der Waals surface area contributed by atoms with Crippen molar-refractivity contribution in [2.45, 2.75) is 6.92 Å². The van der Waals surface area contributed by atoms with Gasteiger partial charge in [0.05, 0.1) is 25.4 Å². The molecule has 22 heavy (non-hydrogen) atoms. The van der Waals surface area contributed by atoms with E-state index in [-0.39, 0.29) is 6.61 Å². The van der Waals surface area contributed by atoms with Gasteiger partial charge in [0.25, 0.3) is 0 Å². The van der Waals surface area contributed by atoms with Gasteiger partial charge in [0, 0.05) is 19.6 Å². The second-order valence-corrected chi connectivity index (χ2v) is 4.75. The van der Waals surface area contributed by atoms with Gasteiger partial charge in [0.2, 0.25) is 11.6 Å². The Kier molecular flexibility index (Phi) is 5.79. The fraction of sp³-hybridized carbons (Fsp3) is 0.467. The first-order chi connectivity index (χ1) is 10.6. The summed E-state index contributed by atoms with van der Waals surface area (Å²) >= 11 is 0. The minimum atomic E-state index is -1.52. The van der Waals surface area contributed by atoms with Gasteiger partial charge < -0.3 is 9.47 Å². The van der Waals surface area contributed by atoms with Crippen molar-refractivity contribution in [2.24, 2.45) is 0 Å². The van der Waals surface area contributed by atoms with Gasteiger partial charge in [0.15, 0.2) is 17.4 Å². The molecule has 0 N–H and O–H groups in total. The minimum absolute atomic E-state index is 0.0983. The molecule has 1 saturated heterocycles. The number of ether oxygens (including phenoxy) is 2. The smallest absolute Gasteiger partial charge is 0.204 e. The molecular weight excluding hydrogens is 302 g/mol. The maximum absolute atomic E-state index is 13.8. The number of hydrogen-bond acceptors (Lipinski definition) is 3. The Bertz CT molecular complexity index is 528. The van der Waals surface area contributed by atoms with Crippen LogP contribution in [0.1, 0.15) is 12.5 Å². The molecule has 0 amide bonds. The number of halogens is 4. The summed E-state index contributed by atoms with van der Waals surface area (Å²) in [6.45, 7) is 4.34. The van der Waals surface area contributed by atoms with E-state index in [0.717, 1.165) is 6.08 Å². The molecular formula is C15H17F4NO2. The Morgan fingerprint density at radius 2 is 1.64 bits per heavy atom. The van der Waals surface area contributed by atoms with Crippen molar-refractivity contribution in [3.63, 3.8) is 0 Å². The first kappa shape index (κ1) is 16.8. The first-order valence-corrected chi connectivity index (χ1v) is 7.01. The number of morpholine rings is 1. The zero-order chi connectivity index (χ0) is 16.1. The van der Waals surface area contributed by atoms with Crippen LogP contribution in [-0.2, 0) is 4.74 Å². The molecule has 0 aromatic heterocycles. The van der Waals surface area contributed by atoms with Crippen molar-refractivity contribution in [3.8, 4) is 5.75 Å². The van der Waals surface area contributed by atoms with Crippen molar-refractivity contribution in [1.29, 1.82) is 0 Å². The van der Waals surface area contributed by atoms with E-state index in [2.05, 4.69) is 4.74 Å². The summed E-state index contributed by atoms with van der Waals surface area (Å²) in [5.41, 5.74) is -0.744. The van der Waals surface area contributed by atoms with E-state index in [4.69, 9.17) is 4.74 Å². The third-order valence-corrected chi connectivity index (χ3v) is 3.30. The van der Waals surface area contributed by atoms with Crippen LogP contribution in [0.25, 0.3) is 6.08 Å². The van der Waals surface area contributed by atoms with Gasteiger partial charge in [-0.05, 0) is 6.92 Å². The van der Waals surface area contributed by atoms with Crippen molar-refractivity contribution >= 4 is 6.08 Å². The molecule has 0 saturated carbocycles. The Balaban J connectivity index is 2.19. The molecule has 1 heterocycles. The number of rotatable bonds is 5. The van der Waals surface area contributed by atoms with Crippen molar-refractivity contribution in [1.82, 2.24) is 4.90 Å². The number of benzene rings is 1. The summed E-state index contributed by atoms with van der Waals surface area (Å²) in [6, 6.07) is 0. The van der Waals surface area contributed by atoms with Crippen molar-refractivity contribution in [2.75, 3.05) is 39.5 Å². The molecule has 1 aromatic rings. The molecule has 0 radical (unpaired) electrons. The van der Waals surface area contributed by atoms with Crippen LogP contribution in [0.5, 0.6) is 5.75 Å². The number of nitrogens with zero attached hydrogens (tertiary/aromatic N) is 1. The summed E-state index contributed by atoms with van der Waals surface area (Å²) in [4.78, 5) is 2.00. The van der Waals surface area contributed by atoms with Crippen LogP contribution in [0.4, 0.5) is 17.6 Å². The molecule has 2 rings (SSSR count). The molecule has 1 aromatic carbocycles. The van der Waals surface area contributed by atoms with E-state index >= 15 is 0 Å². The van der Waals surface area contributed by atoms with Gasteiger partial charge in [-0.25, -0.2) is 8.78 Å². The van der Waals surface area contributed by atoms with Crippen molar-refractivity contribution in [3.05, 3.63) is 34.9 Å². The molecule has 0 unspecified atom stereocenters. The third kappa shape index (κ3) is 3.59. The van der Waals surface area contributed by atoms with Gasteiger partial charge in [-0.2, -0.15) is 8.78 Å². The molecule has 1 aliphatic rings. The van der Waals surface area contributed by atoms with Crippen molar-refractivity contribution < 1.29 is 27.0 Å². The standard InChI is InChI=1S/C15H17F4NO2/c1-2-22-15-13(18)11(16)10(12(17)14(15)19)4-3-5-20-6-8-21-9-7-20/h3-4H,2,5-9H2,1H3. The maximum atomic E-state index is 13.8. The summed E-state index contributed by atoms with van der Waals surface area (Å²) in [6.07, 6.45) is 2.51. The molecule has 122 valence electrons. The summed E-state index contributed by atoms with van der Waals surface area (Å²) in [5, 5.41) is 0. The largest absolute Gasteiger partial charge is 0.488 e. The summed E-state index contributed by atoms with van der Waals surface area (Å²) in [7, 11) is 0. The lowest BCUT2D eigenvalue weighted by Crippen LogP contribution is -2.36. The highest BCUT2D eigenvalue weighted by Crippen LogP contribution is 2.30. The Hall–Kier alpha value is -1.60. The van der Waals surface area contributed by atoms with Crippen LogP contribution >= 0.6 is 0 Å². The third-order valence-electron chi connectivity index (χ3n) is 3.30. The zero-order valence-corrected chi connectivity index (χ0v) is 12.2. The second-order valence-electron chi connectivity index (χ2n) is 4.75. The fourth-order valence-electron chi connectivity index (χ4n) is 2.15. The number of hydrogen-bond donors (Lipinski definition) is 0. The summed E-state index contributed by atoms with van der Waals surface area (Å²) in [5.74, 6) is -6.98. The van der Waals surface area contributed by atoms with Crippen LogP contribution in [0, 0.1) is 23.3 Å². The quantitative estimate of drug-likeness (QED) is 0.615. The Labute approximate surface area is 126 Å². The molecule has 7 heteroatoms. The van der Waals surface area contributed by atoms with Gasteiger partial charge in [0.1, 0.15) is 0 Å². The van der Waals surface area contributed by atoms with E-state index in [1.807, 2.05) is 4.90 Å². The fourth-order valence-corrected chi connectivity index (χ4v) is 2.15. The normalized spacial score (nSPS) is 16.4. The van der Waals surface area contributed by atoms with E-state index < -0.39 is 34.6 Å². The Morgan fingerprint density at radius 1 is 1.05 bits per heavy atom. The van der Waals surface area contributed by atoms with Gasteiger partial charge >= 0.3 is 0 Å². The lowest BCUT2D eigenvalue weighted by Gasteiger charge is -2.25. The van der Waals surface area contributed by atoms with E-state index in [1.165, 1.54) is 13.0 Å². The molecule has 0 aliphatic carbocycles. The molecule has 3 nitrogen and oxygen atoms in total. The molecule has 0 spiro atoms. The molecule has 1 aliphatic heterocycles. The topological polar surface area (TPSA) is 21.7 Å². The highest BCUT2D eigenvalue weighted by Gasteiger charge is 2.25.